The van der Waals surface area contributed by atoms with Gasteiger partial charge in [-0.05, 0) is 48.9 Å². The summed E-state index contributed by atoms with van der Waals surface area (Å²) in [4.78, 5) is 16.4. The van der Waals surface area contributed by atoms with E-state index in [-0.39, 0.29) is 24.2 Å². The second-order valence-electron chi connectivity index (χ2n) is 5.98. The van der Waals surface area contributed by atoms with Gasteiger partial charge in [0, 0.05) is 18.4 Å². The summed E-state index contributed by atoms with van der Waals surface area (Å²) < 4.78 is 18.1. The van der Waals surface area contributed by atoms with Crippen molar-refractivity contribution in [3.63, 3.8) is 0 Å². The Bertz CT molecular complexity index is 944. The van der Waals surface area contributed by atoms with Crippen molar-refractivity contribution in [2.45, 2.75) is 25.8 Å². The molecule has 3 aromatic rings. The monoisotopic (exact) mass is 407 g/mol. The number of nitrogens with zero attached hydrogens (tertiary/aromatic N) is 2. The number of aryl methyl sites for hydroxylation is 1. The lowest BCUT2D eigenvalue weighted by atomic mass is 10.1. The molecule has 1 N–H and O–H groups in total. The molecule has 0 aliphatic carbocycles. The fourth-order valence-electron chi connectivity index (χ4n) is 2.47. The van der Waals surface area contributed by atoms with Crippen molar-refractivity contribution in [3.05, 3.63) is 69.8 Å². The quantitative estimate of drug-likeness (QED) is 0.624. The first-order valence-electron chi connectivity index (χ1n) is 8.25. The molecule has 5 nitrogen and oxygen atoms in total. The van der Waals surface area contributed by atoms with E-state index in [1.165, 1.54) is 12.1 Å². The van der Waals surface area contributed by atoms with Gasteiger partial charge in [0.1, 0.15) is 5.82 Å². The Hall–Kier alpha value is -2.44. The number of benzene rings is 2. The van der Waals surface area contributed by atoms with E-state index in [0.717, 1.165) is 5.56 Å². The van der Waals surface area contributed by atoms with Gasteiger partial charge in [-0.3, -0.25) is 4.79 Å². The van der Waals surface area contributed by atoms with Gasteiger partial charge in [-0.15, -0.1) is 0 Å². The van der Waals surface area contributed by atoms with Crippen LogP contribution in [-0.4, -0.2) is 16.0 Å². The molecule has 0 spiro atoms. The SMILES string of the molecule is CC(NC(=O)CCc1nc(-c2ccc(F)cc2)no1)c1ccc(Cl)c(Cl)c1. The van der Waals surface area contributed by atoms with Gasteiger partial charge in [0.15, 0.2) is 0 Å². The van der Waals surface area contributed by atoms with Gasteiger partial charge in [-0.1, -0.05) is 34.4 Å². The Labute approximate surface area is 165 Å². The molecule has 0 aliphatic rings. The standard InChI is InChI=1S/C19H16Cl2FN3O2/c1-11(13-4-7-15(20)16(21)10-13)23-17(26)8-9-18-24-19(25-27-18)12-2-5-14(22)6-3-12/h2-7,10-11H,8-9H2,1H3,(H,23,26). The third-order valence-corrected chi connectivity index (χ3v) is 4.70. The summed E-state index contributed by atoms with van der Waals surface area (Å²) >= 11 is 11.9. The van der Waals surface area contributed by atoms with E-state index in [0.29, 0.717) is 33.7 Å². The number of rotatable bonds is 6. The van der Waals surface area contributed by atoms with Crippen LogP contribution in [0.3, 0.4) is 0 Å². The van der Waals surface area contributed by atoms with Crippen LogP contribution >= 0.6 is 23.2 Å². The third-order valence-electron chi connectivity index (χ3n) is 3.96. The van der Waals surface area contributed by atoms with Gasteiger partial charge in [0.05, 0.1) is 16.1 Å². The van der Waals surface area contributed by atoms with Crippen LogP contribution in [0.4, 0.5) is 4.39 Å². The maximum Gasteiger partial charge on any atom is 0.227 e. The van der Waals surface area contributed by atoms with Crippen molar-refractivity contribution in [2.75, 3.05) is 0 Å². The molecule has 8 heteroatoms. The predicted octanol–water partition coefficient (Wildman–Crippen LogP) is 4.99. The summed E-state index contributed by atoms with van der Waals surface area (Å²) in [6.45, 7) is 1.86. The maximum absolute atomic E-state index is 13.0. The molecule has 3 rings (SSSR count). The molecule has 1 heterocycles. The van der Waals surface area contributed by atoms with E-state index < -0.39 is 0 Å². The fourth-order valence-corrected chi connectivity index (χ4v) is 2.78. The number of nitrogens with one attached hydrogen (secondary N) is 1. The summed E-state index contributed by atoms with van der Waals surface area (Å²) in [5.74, 6) is 0.201. The second-order valence-corrected chi connectivity index (χ2v) is 6.80. The molecule has 0 aliphatic heterocycles. The van der Waals surface area contributed by atoms with Crippen molar-refractivity contribution >= 4 is 29.1 Å². The predicted molar refractivity (Wildman–Crippen MR) is 101 cm³/mol. The Morgan fingerprint density at radius 2 is 1.93 bits per heavy atom. The van der Waals surface area contributed by atoms with Gasteiger partial charge in [0.2, 0.25) is 17.6 Å². The van der Waals surface area contributed by atoms with E-state index in [4.69, 9.17) is 27.7 Å². The molecule has 1 aromatic heterocycles. The van der Waals surface area contributed by atoms with Crippen LogP contribution in [-0.2, 0) is 11.2 Å². The van der Waals surface area contributed by atoms with E-state index in [1.54, 1.807) is 24.3 Å². The van der Waals surface area contributed by atoms with E-state index in [9.17, 15) is 9.18 Å². The van der Waals surface area contributed by atoms with Crippen LogP contribution in [0.1, 0.15) is 30.8 Å². The minimum Gasteiger partial charge on any atom is -0.350 e. The number of hydrogen-bond acceptors (Lipinski definition) is 4. The lowest BCUT2D eigenvalue weighted by molar-refractivity contribution is -0.121. The van der Waals surface area contributed by atoms with Crippen LogP contribution in [0, 0.1) is 5.82 Å². The number of carbonyl (C=O) groups excluding carboxylic acids is 1. The molecule has 1 atom stereocenters. The molecule has 1 unspecified atom stereocenters. The molecule has 27 heavy (non-hydrogen) atoms. The Kier molecular flexibility index (Phi) is 6.08. The molecular weight excluding hydrogens is 392 g/mol. The number of hydrogen-bond donors (Lipinski definition) is 1. The number of carbonyl (C=O) groups is 1. The molecule has 0 saturated heterocycles. The Balaban J connectivity index is 1.54. The first kappa shape index (κ1) is 19.3. The normalized spacial score (nSPS) is 12.0. The molecule has 140 valence electrons. The van der Waals surface area contributed by atoms with Crippen molar-refractivity contribution < 1.29 is 13.7 Å². The summed E-state index contributed by atoms with van der Waals surface area (Å²) in [7, 11) is 0. The fraction of sp³-hybridized carbons (Fsp3) is 0.211. The van der Waals surface area contributed by atoms with Crippen molar-refractivity contribution in [1.29, 1.82) is 0 Å². The summed E-state index contributed by atoms with van der Waals surface area (Å²) in [5.41, 5.74) is 1.50. The van der Waals surface area contributed by atoms with E-state index in [2.05, 4.69) is 15.5 Å². The van der Waals surface area contributed by atoms with Gasteiger partial charge < -0.3 is 9.84 Å². The van der Waals surface area contributed by atoms with Crippen LogP contribution in [0.25, 0.3) is 11.4 Å². The first-order chi connectivity index (χ1) is 12.9. The van der Waals surface area contributed by atoms with Crippen molar-refractivity contribution in [1.82, 2.24) is 15.5 Å². The molecule has 0 saturated carbocycles. The average molecular weight is 408 g/mol. The third kappa shape index (κ3) is 5.05. The average Bonchev–Trinajstić information content (AvgIpc) is 3.12. The maximum atomic E-state index is 13.0. The topological polar surface area (TPSA) is 68.0 Å². The minimum atomic E-state index is -0.338. The highest BCUT2D eigenvalue weighted by Gasteiger charge is 2.14. The van der Waals surface area contributed by atoms with Crippen molar-refractivity contribution in [3.8, 4) is 11.4 Å². The molecule has 2 aromatic carbocycles. The van der Waals surface area contributed by atoms with E-state index in [1.807, 2.05) is 13.0 Å². The molecule has 0 fully saturated rings. The Morgan fingerprint density at radius 1 is 1.19 bits per heavy atom. The molecule has 0 bridgehead atoms. The zero-order valence-corrected chi connectivity index (χ0v) is 15.9. The second kappa shape index (κ2) is 8.50. The van der Waals surface area contributed by atoms with Gasteiger partial charge >= 0.3 is 0 Å². The summed E-state index contributed by atoms with van der Waals surface area (Å²) in [5, 5.41) is 7.64. The lowest BCUT2D eigenvalue weighted by Gasteiger charge is -2.14. The molecule has 0 radical (unpaired) electrons. The van der Waals surface area contributed by atoms with Crippen LogP contribution in [0.5, 0.6) is 0 Å². The van der Waals surface area contributed by atoms with Gasteiger partial charge in [0.25, 0.3) is 0 Å². The smallest absolute Gasteiger partial charge is 0.227 e. The summed E-state index contributed by atoms with van der Waals surface area (Å²) in [6, 6.07) is 10.8. The van der Waals surface area contributed by atoms with Gasteiger partial charge in [-0.2, -0.15) is 4.98 Å². The highest BCUT2D eigenvalue weighted by Crippen LogP contribution is 2.25. The highest BCUT2D eigenvalue weighted by atomic mass is 35.5. The summed E-state index contributed by atoms with van der Waals surface area (Å²) in [6.07, 6.45) is 0.491. The van der Waals surface area contributed by atoms with Crippen molar-refractivity contribution in [2.24, 2.45) is 0 Å². The number of halogens is 3. The number of amides is 1. The molecule has 1 amide bonds. The van der Waals surface area contributed by atoms with Crippen LogP contribution in [0.2, 0.25) is 10.0 Å². The molecular formula is C19H16Cl2FN3O2. The zero-order valence-electron chi connectivity index (χ0n) is 14.4. The lowest BCUT2D eigenvalue weighted by Crippen LogP contribution is -2.26. The highest BCUT2D eigenvalue weighted by molar-refractivity contribution is 6.42. The number of aromatic nitrogens is 2. The van der Waals surface area contributed by atoms with Crippen LogP contribution < -0.4 is 5.32 Å². The van der Waals surface area contributed by atoms with Crippen LogP contribution in [0.15, 0.2) is 47.0 Å². The van der Waals surface area contributed by atoms with E-state index >= 15 is 0 Å². The largest absolute Gasteiger partial charge is 0.350 e. The Morgan fingerprint density at radius 3 is 2.63 bits per heavy atom. The first-order valence-corrected chi connectivity index (χ1v) is 9.01. The van der Waals surface area contributed by atoms with Gasteiger partial charge in [-0.25, -0.2) is 4.39 Å². The zero-order chi connectivity index (χ0) is 19.4. The minimum absolute atomic E-state index is 0.157.